The van der Waals surface area contributed by atoms with Gasteiger partial charge in [-0.2, -0.15) is 0 Å². The molecule has 0 bridgehead atoms. The van der Waals surface area contributed by atoms with E-state index in [0.29, 0.717) is 5.82 Å². The monoisotopic (exact) mass is 219 g/mol. The first kappa shape index (κ1) is 12.0. The summed E-state index contributed by atoms with van der Waals surface area (Å²) in [6.07, 6.45) is 8.36. The standard InChI is InChI=1S/C11H13N3O2/c1-3-5-9(4-2)13-11-7-6-10(8-12-11)14(15)16/h2,6-9H,3,5H2,1H3,(H,12,13). The summed E-state index contributed by atoms with van der Waals surface area (Å²) in [4.78, 5) is 13.8. The van der Waals surface area contributed by atoms with Crippen LogP contribution in [0.3, 0.4) is 0 Å². The molecule has 0 aliphatic rings. The number of nitrogens with zero attached hydrogens (tertiary/aromatic N) is 2. The maximum atomic E-state index is 10.4. The first-order chi connectivity index (χ1) is 7.67. The average Bonchev–Trinajstić information content (AvgIpc) is 2.29. The van der Waals surface area contributed by atoms with Crippen molar-refractivity contribution in [3.63, 3.8) is 0 Å². The zero-order valence-corrected chi connectivity index (χ0v) is 9.01. The minimum Gasteiger partial charge on any atom is -0.356 e. The number of rotatable bonds is 5. The van der Waals surface area contributed by atoms with Gasteiger partial charge in [0.05, 0.1) is 11.0 Å². The van der Waals surface area contributed by atoms with Gasteiger partial charge in [0.15, 0.2) is 0 Å². The van der Waals surface area contributed by atoms with Crippen molar-refractivity contribution in [2.45, 2.75) is 25.8 Å². The van der Waals surface area contributed by atoms with Crippen LogP contribution in [0.15, 0.2) is 18.3 Å². The van der Waals surface area contributed by atoms with Crippen LogP contribution in [0.25, 0.3) is 0 Å². The number of hydrogen-bond donors (Lipinski definition) is 1. The summed E-state index contributed by atoms with van der Waals surface area (Å²) < 4.78 is 0. The van der Waals surface area contributed by atoms with E-state index in [1.165, 1.54) is 12.3 Å². The molecule has 0 aliphatic carbocycles. The zero-order chi connectivity index (χ0) is 12.0. The van der Waals surface area contributed by atoms with E-state index in [4.69, 9.17) is 6.42 Å². The Labute approximate surface area is 94.0 Å². The molecule has 1 rings (SSSR count). The Balaban J connectivity index is 2.68. The van der Waals surface area contributed by atoms with Crippen LogP contribution in [0.1, 0.15) is 19.8 Å². The van der Waals surface area contributed by atoms with E-state index in [1.807, 2.05) is 6.92 Å². The Morgan fingerprint density at radius 1 is 1.69 bits per heavy atom. The van der Waals surface area contributed by atoms with Crippen molar-refractivity contribution in [3.8, 4) is 12.3 Å². The first-order valence-electron chi connectivity index (χ1n) is 5.00. The molecule has 0 aromatic carbocycles. The highest BCUT2D eigenvalue weighted by Gasteiger charge is 2.07. The fourth-order valence-corrected chi connectivity index (χ4v) is 1.24. The molecule has 5 nitrogen and oxygen atoms in total. The molecule has 5 heteroatoms. The third-order valence-electron chi connectivity index (χ3n) is 2.06. The highest BCUT2D eigenvalue weighted by Crippen LogP contribution is 2.13. The van der Waals surface area contributed by atoms with Crippen LogP contribution < -0.4 is 5.32 Å². The minimum absolute atomic E-state index is 0.0294. The number of terminal acetylenes is 1. The molecule has 1 atom stereocenters. The lowest BCUT2D eigenvalue weighted by atomic mass is 10.2. The second-order valence-electron chi connectivity index (χ2n) is 3.31. The normalized spacial score (nSPS) is 11.5. The molecule has 0 radical (unpaired) electrons. The van der Waals surface area contributed by atoms with E-state index in [-0.39, 0.29) is 11.7 Å². The molecular formula is C11H13N3O2. The molecule has 1 unspecified atom stereocenters. The molecule has 1 aromatic rings. The van der Waals surface area contributed by atoms with Gasteiger partial charge in [-0.1, -0.05) is 19.3 Å². The fourth-order valence-electron chi connectivity index (χ4n) is 1.24. The van der Waals surface area contributed by atoms with Crippen LogP contribution in [0.5, 0.6) is 0 Å². The Morgan fingerprint density at radius 3 is 2.88 bits per heavy atom. The molecule has 1 aromatic heterocycles. The van der Waals surface area contributed by atoms with Gasteiger partial charge in [0.25, 0.3) is 5.69 Å². The number of nitrogens with one attached hydrogen (secondary N) is 1. The van der Waals surface area contributed by atoms with Crippen molar-refractivity contribution in [3.05, 3.63) is 28.4 Å². The smallest absolute Gasteiger partial charge is 0.287 e. The average molecular weight is 219 g/mol. The van der Waals surface area contributed by atoms with Crippen molar-refractivity contribution in [1.29, 1.82) is 0 Å². The van der Waals surface area contributed by atoms with Gasteiger partial charge in [-0.15, -0.1) is 6.42 Å². The molecular weight excluding hydrogens is 206 g/mol. The van der Waals surface area contributed by atoms with E-state index in [2.05, 4.69) is 16.2 Å². The molecule has 16 heavy (non-hydrogen) atoms. The van der Waals surface area contributed by atoms with Gasteiger partial charge in [-0.25, -0.2) is 4.98 Å². The van der Waals surface area contributed by atoms with E-state index in [9.17, 15) is 10.1 Å². The molecule has 0 fully saturated rings. The van der Waals surface area contributed by atoms with Gasteiger partial charge >= 0.3 is 0 Å². The number of nitro groups is 1. The molecule has 0 saturated heterocycles. The molecule has 0 amide bonds. The Morgan fingerprint density at radius 2 is 2.44 bits per heavy atom. The third kappa shape index (κ3) is 3.24. The Hall–Kier alpha value is -2.09. The van der Waals surface area contributed by atoms with Gasteiger partial charge in [-0.05, 0) is 12.5 Å². The highest BCUT2D eigenvalue weighted by atomic mass is 16.6. The van der Waals surface area contributed by atoms with Crippen LogP contribution in [0.2, 0.25) is 0 Å². The summed E-state index contributed by atoms with van der Waals surface area (Å²) >= 11 is 0. The molecule has 0 aliphatic heterocycles. The van der Waals surface area contributed by atoms with Crippen molar-refractivity contribution < 1.29 is 4.92 Å². The number of hydrogen-bond acceptors (Lipinski definition) is 4. The predicted octanol–water partition coefficient (Wildman–Crippen LogP) is 2.20. The fraction of sp³-hybridized carbons (Fsp3) is 0.364. The van der Waals surface area contributed by atoms with Gasteiger partial charge < -0.3 is 5.32 Å². The topological polar surface area (TPSA) is 68.1 Å². The maximum absolute atomic E-state index is 10.4. The third-order valence-corrected chi connectivity index (χ3v) is 2.06. The summed E-state index contributed by atoms with van der Waals surface area (Å²) in [6.45, 7) is 2.04. The SMILES string of the molecule is C#CC(CCC)Nc1ccc([N+](=O)[O-])cn1. The summed E-state index contributed by atoms with van der Waals surface area (Å²) in [5.41, 5.74) is -0.0294. The minimum atomic E-state index is -0.485. The molecule has 84 valence electrons. The van der Waals surface area contributed by atoms with Gasteiger partial charge in [-0.3, -0.25) is 10.1 Å². The van der Waals surface area contributed by atoms with Crippen LogP contribution >= 0.6 is 0 Å². The molecule has 1 heterocycles. The summed E-state index contributed by atoms with van der Waals surface area (Å²) in [7, 11) is 0. The van der Waals surface area contributed by atoms with E-state index >= 15 is 0 Å². The zero-order valence-electron chi connectivity index (χ0n) is 9.01. The van der Waals surface area contributed by atoms with Crippen molar-refractivity contribution >= 4 is 11.5 Å². The van der Waals surface area contributed by atoms with E-state index < -0.39 is 4.92 Å². The lowest BCUT2D eigenvalue weighted by Gasteiger charge is -2.11. The van der Waals surface area contributed by atoms with Gasteiger partial charge in [0, 0.05) is 6.07 Å². The number of anilines is 1. The Bertz CT molecular complexity index is 395. The number of aromatic nitrogens is 1. The van der Waals surface area contributed by atoms with Crippen molar-refractivity contribution in [1.82, 2.24) is 4.98 Å². The predicted molar refractivity (Wildman–Crippen MR) is 62.0 cm³/mol. The first-order valence-corrected chi connectivity index (χ1v) is 5.00. The van der Waals surface area contributed by atoms with Gasteiger partial charge in [0.2, 0.25) is 0 Å². The van der Waals surface area contributed by atoms with Crippen molar-refractivity contribution in [2.75, 3.05) is 5.32 Å². The van der Waals surface area contributed by atoms with Gasteiger partial charge in [0.1, 0.15) is 12.0 Å². The van der Waals surface area contributed by atoms with Crippen molar-refractivity contribution in [2.24, 2.45) is 0 Å². The maximum Gasteiger partial charge on any atom is 0.287 e. The van der Waals surface area contributed by atoms with E-state index in [0.717, 1.165) is 12.8 Å². The lowest BCUT2D eigenvalue weighted by molar-refractivity contribution is -0.385. The van der Waals surface area contributed by atoms with Crippen LogP contribution in [0, 0.1) is 22.5 Å². The second-order valence-corrected chi connectivity index (χ2v) is 3.31. The molecule has 1 N–H and O–H groups in total. The van der Waals surface area contributed by atoms with Crippen LogP contribution in [-0.2, 0) is 0 Å². The quantitative estimate of drug-likeness (QED) is 0.468. The molecule has 0 spiro atoms. The lowest BCUT2D eigenvalue weighted by Crippen LogP contribution is -2.17. The Kier molecular flexibility index (Phi) is 4.28. The second kappa shape index (κ2) is 5.71. The van der Waals surface area contributed by atoms with E-state index in [1.54, 1.807) is 6.07 Å². The summed E-state index contributed by atoms with van der Waals surface area (Å²) in [6, 6.07) is 2.87. The largest absolute Gasteiger partial charge is 0.356 e. The van der Waals surface area contributed by atoms with Crippen LogP contribution in [0.4, 0.5) is 11.5 Å². The number of pyridine rings is 1. The summed E-state index contributed by atoms with van der Waals surface area (Å²) in [5.74, 6) is 3.16. The molecule has 0 saturated carbocycles. The van der Waals surface area contributed by atoms with Crippen LogP contribution in [-0.4, -0.2) is 15.9 Å². The highest BCUT2D eigenvalue weighted by molar-refractivity contribution is 5.42. The summed E-state index contributed by atoms with van der Waals surface area (Å²) in [5, 5.41) is 13.4.